The fourth-order valence-electron chi connectivity index (χ4n) is 2.32. The number of fused-ring (bicyclic) bond motifs is 1. The predicted octanol–water partition coefficient (Wildman–Crippen LogP) is 1.26. The number of nitrogens with zero attached hydrogens (tertiary/aromatic N) is 2. The molecule has 0 bridgehead atoms. The van der Waals surface area contributed by atoms with Crippen molar-refractivity contribution in [2.24, 2.45) is 10.2 Å². The van der Waals surface area contributed by atoms with E-state index in [4.69, 9.17) is 0 Å². The summed E-state index contributed by atoms with van der Waals surface area (Å²) in [5.41, 5.74) is 5.64. The Morgan fingerprint density at radius 3 is 2.96 bits per heavy atom. The van der Waals surface area contributed by atoms with Gasteiger partial charge in [0.25, 0.3) is 0 Å². The molecule has 1 heterocycles. The number of carbonyl (C=O) groups excluding carboxylic acids is 2. The largest absolute Gasteiger partial charge is 0.507 e. The third-order valence-corrected chi connectivity index (χ3v) is 3.40. The highest BCUT2D eigenvalue weighted by molar-refractivity contribution is 6.11. The number of rotatable bonds is 4. The van der Waals surface area contributed by atoms with Crippen LogP contribution >= 0.6 is 0 Å². The summed E-state index contributed by atoms with van der Waals surface area (Å²) in [7, 11) is 0. The molecule has 0 atom stereocenters. The zero-order valence-electron chi connectivity index (χ0n) is 12.1. The van der Waals surface area contributed by atoms with Gasteiger partial charge >= 0.3 is 0 Å². The molecule has 0 aliphatic carbocycles. The number of hydrazone groups is 2. The van der Waals surface area contributed by atoms with E-state index in [2.05, 4.69) is 21.1 Å². The van der Waals surface area contributed by atoms with Crippen molar-refractivity contribution in [3.8, 4) is 5.75 Å². The molecule has 0 radical (unpaired) electrons. The average Bonchev–Trinajstić information content (AvgIpc) is 2.94. The van der Waals surface area contributed by atoms with Gasteiger partial charge in [-0.1, -0.05) is 30.3 Å². The minimum Gasteiger partial charge on any atom is -0.507 e. The Bertz CT molecular complexity index is 842. The first-order chi connectivity index (χ1) is 11.1. The SMILES string of the molecule is O=C1CC(CC(=O)N/N=C/c2c(O)ccc3ccccc23)=NN1. The lowest BCUT2D eigenvalue weighted by Crippen LogP contribution is -2.20. The predicted molar refractivity (Wildman–Crippen MR) is 86.2 cm³/mol. The van der Waals surface area contributed by atoms with Crippen LogP contribution in [-0.4, -0.2) is 28.8 Å². The normalized spacial score (nSPS) is 14.1. The highest BCUT2D eigenvalue weighted by atomic mass is 16.3. The number of aromatic hydroxyl groups is 1. The van der Waals surface area contributed by atoms with Gasteiger partial charge in [-0.2, -0.15) is 10.2 Å². The summed E-state index contributed by atoms with van der Waals surface area (Å²) in [6.07, 6.45) is 1.52. The lowest BCUT2D eigenvalue weighted by molar-refractivity contribution is -0.119. The molecule has 2 aromatic rings. The van der Waals surface area contributed by atoms with Crippen LogP contribution in [0.1, 0.15) is 18.4 Å². The van der Waals surface area contributed by atoms with E-state index in [0.29, 0.717) is 11.3 Å². The van der Waals surface area contributed by atoms with Crippen molar-refractivity contribution in [3.05, 3.63) is 42.0 Å². The highest BCUT2D eigenvalue weighted by Crippen LogP contribution is 2.25. The standard InChI is InChI=1S/C16H14N4O3/c21-14-6-5-10-3-1-2-4-12(10)13(14)9-17-19-15(22)7-11-8-16(23)20-18-11/h1-6,9,21H,7-8H2,(H,19,22)(H,20,23)/b17-9+. The van der Waals surface area contributed by atoms with Crippen LogP contribution in [0.2, 0.25) is 0 Å². The third kappa shape index (κ3) is 3.34. The molecule has 0 saturated carbocycles. The maximum atomic E-state index is 11.7. The van der Waals surface area contributed by atoms with Crippen LogP contribution in [0.25, 0.3) is 10.8 Å². The topological polar surface area (TPSA) is 103 Å². The molecule has 1 aliphatic rings. The van der Waals surface area contributed by atoms with E-state index < -0.39 is 0 Å². The van der Waals surface area contributed by atoms with E-state index in [1.165, 1.54) is 6.21 Å². The first kappa shape index (κ1) is 14.7. The minimum absolute atomic E-state index is 0.00238. The van der Waals surface area contributed by atoms with Crippen molar-refractivity contribution in [2.75, 3.05) is 0 Å². The van der Waals surface area contributed by atoms with Crippen LogP contribution in [0.15, 0.2) is 46.6 Å². The molecule has 2 amide bonds. The van der Waals surface area contributed by atoms with Crippen LogP contribution in [-0.2, 0) is 9.59 Å². The van der Waals surface area contributed by atoms with E-state index in [1.807, 2.05) is 30.3 Å². The molecule has 0 spiro atoms. The fraction of sp³-hybridized carbons (Fsp3) is 0.125. The minimum atomic E-state index is -0.378. The number of phenolic OH excluding ortho intramolecular Hbond substituents is 1. The number of nitrogens with one attached hydrogen (secondary N) is 2. The number of benzene rings is 2. The monoisotopic (exact) mass is 310 g/mol. The van der Waals surface area contributed by atoms with Crippen LogP contribution in [0.5, 0.6) is 5.75 Å². The zero-order valence-corrected chi connectivity index (χ0v) is 12.1. The van der Waals surface area contributed by atoms with E-state index in [9.17, 15) is 14.7 Å². The Morgan fingerprint density at radius 1 is 1.35 bits per heavy atom. The lowest BCUT2D eigenvalue weighted by Gasteiger charge is -2.04. The second-order valence-electron chi connectivity index (χ2n) is 5.08. The molecule has 23 heavy (non-hydrogen) atoms. The maximum Gasteiger partial charge on any atom is 0.245 e. The van der Waals surface area contributed by atoms with E-state index in [0.717, 1.165) is 10.8 Å². The molecule has 0 aromatic heterocycles. The number of phenols is 1. The third-order valence-electron chi connectivity index (χ3n) is 3.40. The zero-order chi connectivity index (χ0) is 16.2. The molecule has 2 aromatic carbocycles. The van der Waals surface area contributed by atoms with Gasteiger partial charge in [-0.3, -0.25) is 9.59 Å². The van der Waals surface area contributed by atoms with Crippen LogP contribution in [0.4, 0.5) is 0 Å². The van der Waals surface area contributed by atoms with E-state index >= 15 is 0 Å². The van der Waals surface area contributed by atoms with Gasteiger partial charge in [-0.25, -0.2) is 10.9 Å². The van der Waals surface area contributed by atoms with E-state index in [1.54, 1.807) is 6.07 Å². The molecule has 0 saturated heterocycles. The van der Waals surface area contributed by atoms with Crippen LogP contribution < -0.4 is 10.9 Å². The molecule has 3 rings (SSSR count). The van der Waals surface area contributed by atoms with Gasteiger partial charge in [0, 0.05) is 5.56 Å². The lowest BCUT2D eigenvalue weighted by atomic mass is 10.0. The molecule has 7 nitrogen and oxygen atoms in total. The summed E-state index contributed by atoms with van der Waals surface area (Å²) < 4.78 is 0. The molecule has 3 N–H and O–H groups in total. The second-order valence-corrected chi connectivity index (χ2v) is 5.08. The van der Waals surface area contributed by atoms with Crippen molar-refractivity contribution in [3.63, 3.8) is 0 Å². The van der Waals surface area contributed by atoms with Crippen LogP contribution in [0, 0.1) is 0 Å². The molecule has 0 fully saturated rings. The molecule has 116 valence electrons. The smallest absolute Gasteiger partial charge is 0.245 e. The first-order valence-corrected chi connectivity index (χ1v) is 7.00. The van der Waals surface area contributed by atoms with Gasteiger partial charge in [0.05, 0.1) is 24.8 Å². The number of amides is 2. The molecule has 1 aliphatic heterocycles. The highest BCUT2D eigenvalue weighted by Gasteiger charge is 2.17. The summed E-state index contributed by atoms with van der Waals surface area (Å²) in [6.45, 7) is 0. The number of hydrogen-bond acceptors (Lipinski definition) is 5. The summed E-state index contributed by atoms with van der Waals surface area (Å²) in [5, 5.41) is 19.4. The summed E-state index contributed by atoms with van der Waals surface area (Å²) >= 11 is 0. The van der Waals surface area contributed by atoms with Crippen molar-refractivity contribution in [2.45, 2.75) is 12.8 Å². The van der Waals surface area contributed by atoms with Gasteiger partial charge in [0.2, 0.25) is 11.8 Å². The quantitative estimate of drug-likeness (QED) is 0.585. The Morgan fingerprint density at radius 2 is 2.17 bits per heavy atom. The fourth-order valence-corrected chi connectivity index (χ4v) is 2.32. The van der Waals surface area contributed by atoms with Crippen LogP contribution in [0.3, 0.4) is 0 Å². The molecule has 7 heteroatoms. The summed E-state index contributed by atoms with van der Waals surface area (Å²) in [4.78, 5) is 22.7. The Hall–Kier alpha value is -3.22. The summed E-state index contributed by atoms with van der Waals surface area (Å²) in [6, 6.07) is 10.9. The molecular weight excluding hydrogens is 296 g/mol. The maximum absolute atomic E-state index is 11.7. The van der Waals surface area contributed by atoms with Gasteiger partial charge in [0.1, 0.15) is 5.75 Å². The first-order valence-electron chi connectivity index (χ1n) is 7.00. The molecular formula is C16H14N4O3. The van der Waals surface area contributed by atoms with Crippen molar-refractivity contribution < 1.29 is 14.7 Å². The second kappa shape index (κ2) is 6.27. The Kier molecular flexibility index (Phi) is 4.01. The number of hydrogen-bond donors (Lipinski definition) is 3. The van der Waals surface area contributed by atoms with Gasteiger partial charge < -0.3 is 5.11 Å². The molecule has 0 unspecified atom stereocenters. The van der Waals surface area contributed by atoms with Crippen molar-refractivity contribution in [1.29, 1.82) is 0 Å². The summed E-state index contributed by atoms with van der Waals surface area (Å²) in [5.74, 6) is -0.523. The van der Waals surface area contributed by atoms with Gasteiger partial charge in [-0.15, -0.1) is 0 Å². The van der Waals surface area contributed by atoms with Crippen molar-refractivity contribution >= 4 is 34.5 Å². The van der Waals surface area contributed by atoms with Crippen molar-refractivity contribution in [1.82, 2.24) is 10.9 Å². The Labute approximate surface area is 131 Å². The Balaban J connectivity index is 1.70. The van der Waals surface area contributed by atoms with Gasteiger partial charge in [0.15, 0.2) is 0 Å². The average molecular weight is 310 g/mol. The van der Waals surface area contributed by atoms with E-state index in [-0.39, 0.29) is 30.4 Å². The number of carbonyl (C=O) groups is 2. The van der Waals surface area contributed by atoms with Gasteiger partial charge in [-0.05, 0) is 16.8 Å².